The molecule has 5 aromatic rings. The SMILES string of the molecule is Cc1cc2c(oc3ccccc32)c(-c2cc(CC(C)(C)C#N)c3ccccc3[n+]2C)c1C. The highest BCUT2D eigenvalue weighted by molar-refractivity contribution is 6.10. The molecule has 0 aliphatic carbocycles. The molecule has 5 rings (SSSR count). The number of nitrogens with zero attached hydrogens (tertiary/aromatic N) is 2. The smallest absolute Gasteiger partial charge is 0.217 e. The minimum atomic E-state index is -0.448. The third-order valence-corrected chi connectivity index (χ3v) is 6.66. The van der Waals surface area contributed by atoms with Crippen LogP contribution >= 0.6 is 0 Å². The van der Waals surface area contributed by atoms with E-state index in [-0.39, 0.29) is 0 Å². The minimum Gasteiger partial charge on any atom is -0.455 e. The molecule has 0 bridgehead atoms. The van der Waals surface area contributed by atoms with Gasteiger partial charge in [-0.1, -0.05) is 30.3 Å². The Morgan fingerprint density at radius 2 is 1.62 bits per heavy atom. The first kappa shape index (κ1) is 20.3. The van der Waals surface area contributed by atoms with Gasteiger partial charge in [0.1, 0.15) is 18.2 Å². The summed E-state index contributed by atoms with van der Waals surface area (Å²) < 4.78 is 8.69. The van der Waals surface area contributed by atoms with Gasteiger partial charge in [-0.2, -0.15) is 9.83 Å². The summed E-state index contributed by atoms with van der Waals surface area (Å²) in [6.45, 7) is 8.35. The molecule has 2 heterocycles. The van der Waals surface area contributed by atoms with E-state index in [4.69, 9.17) is 4.42 Å². The summed E-state index contributed by atoms with van der Waals surface area (Å²) in [6, 6.07) is 23.7. The van der Waals surface area contributed by atoms with Crippen LogP contribution in [0.2, 0.25) is 0 Å². The summed E-state index contributed by atoms with van der Waals surface area (Å²) >= 11 is 0. The van der Waals surface area contributed by atoms with Crippen molar-refractivity contribution in [3.05, 3.63) is 77.4 Å². The molecule has 0 N–H and O–H groups in total. The summed E-state index contributed by atoms with van der Waals surface area (Å²) in [5.41, 5.74) is 8.41. The standard InChI is InChI=1S/C29H27N2O/c1-18-14-23-22-11-7-9-13-26(22)32-28(23)27(19(18)2)25-15-20(16-29(3,4)17-30)21-10-6-8-12-24(21)31(25)5/h6-15H,16H2,1-5H3/q+1. The van der Waals surface area contributed by atoms with Crippen LogP contribution in [-0.2, 0) is 13.5 Å². The number of nitriles is 1. The van der Waals surface area contributed by atoms with Crippen molar-refractivity contribution < 1.29 is 8.98 Å². The molecule has 0 fully saturated rings. The number of hydrogen-bond acceptors (Lipinski definition) is 2. The molecule has 3 aromatic carbocycles. The Morgan fingerprint density at radius 3 is 2.38 bits per heavy atom. The van der Waals surface area contributed by atoms with Gasteiger partial charge in [-0.25, -0.2) is 0 Å². The molecular weight excluding hydrogens is 392 g/mol. The molecule has 0 saturated heterocycles. The summed E-state index contributed by atoms with van der Waals surface area (Å²) in [6.07, 6.45) is 0.686. The van der Waals surface area contributed by atoms with Gasteiger partial charge in [0.05, 0.1) is 17.0 Å². The van der Waals surface area contributed by atoms with Crippen LogP contribution in [0.1, 0.15) is 30.5 Å². The Kier molecular flexibility index (Phi) is 4.57. The first-order valence-corrected chi connectivity index (χ1v) is 11.0. The highest BCUT2D eigenvalue weighted by Crippen LogP contribution is 2.39. The quantitative estimate of drug-likeness (QED) is 0.297. The summed E-state index contributed by atoms with van der Waals surface area (Å²) in [7, 11) is 2.12. The molecular formula is C29H27N2O+. The predicted molar refractivity (Wildman–Crippen MR) is 130 cm³/mol. The number of hydrogen-bond donors (Lipinski definition) is 0. The largest absolute Gasteiger partial charge is 0.455 e. The molecule has 3 nitrogen and oxygen atoms in total. The zero-order chi connectivity index (χ0) is 22.6. The van der Waals surface area contributed by atoms with E-state index in [2.05, 4.69) is 80.1 Å². The normalized spacial score (nSPS) is 12.0. The van der Waals surface area contributed by atoms with E-state index >= 15 is 0 Å². The van der Waals surface area contributed by atoms with Crippen molar-refractivity contribution in [3.8, 4) is 17.3 Å². The van der Waals surface area contributed by atoms with Crippen LogP contribution in [0.25, 0.3) is 44.1 Å². The summed E-state index contributed by atoms with van der Waals surface area (Å²) in [5, 5.41) is 13.2. The van der Waals surface area contributed by atoms with Crippen LogP contribution in [0.4, 0.5) is 0 Å². The number of benzene rings is 3. The second kappa shape index (κ2) is 7.21. The number of para-hydroxylation sites is 2. The number of pyridine rings is 1. The highest BCUT2D eigenvalue weighted by atomic mass is 16.3. The summed E-state index contributed by atoms with van der Waals surface area (Å²) in [4.78, 5) is 0. The molecule has 32 heavy (non-hydrogen) atoms. The maximum Gasteiger partial charge on any atom is 0.217 e. The number of aryl methyl sites for hydroxylation is 2. The van der Waals surface area contributed by atoms with Gasteiger partial charge >= 0.3 is 0 Å². The lowest BCUT2D eigenvalue weighted by Crippen LogP contribution is -2.33. The monoisotopic (exact) mass is 419 g/mol. The van der Waals surface area contributed by atoms with Gasteiger partial charge in [-0.05, 0) is 69.0 Å². The lowest BCUT2D eigenvalue weighted by molar-refractivity contribution is -0.633. The van der Waals surface area contributed by atoms with E-state index in [1.807, 2.05) is 26.0 Å². The van der Waals surface area contributed by atoms with Crippen molar-refractivity contribution in [2.45, 2.75) is 34.1 Å². The molecule has 0 atom stereocenters. The van der Waals surface area contributed by atoms with E-state index in [9.17, 15) is 5.26 Å². The average molecular weight is 420 g/mol. The lowest BCUT2D eigenvalue weighted by Gasteiger charge is -2.18. The van der Waals surface area contributed by atoms with Crippen molar-refractivity contribution in [2.24, 2.45) is 12.5 Å². The van der Waals surface area contributed by atoms with Crippen LogP contribution in [-0.4, -0.2) is 0 Å². The Balaban J connectivity index is 1.91. The fraction of sp³-hybridized carbons (Fsp3) is 0.241. The molecule has 3 heteroatoms. The molecule has 0 unspecified atom stereocenters. The van der Waals surface area contributed by atoms with Gasteiger partial charge in [0.25, 0.3) is 0 Å². The molecule has 0 aliphatic heterocycles. The maximum absolute atomic E-state index is 9.70. The number of rotatable bonds is 3. The number of furan rings is 1. The van der Waals surface area contributed by atoms with Crippen LogP contribution in [0.5, 0.6) is 0 Å². The molecule has 0 saturated carbocycles. The first-order chi connectivity index (χ1) is 15.3. The van der Waals surface area contributed by atoms with Crippen molar-refractivity contribution >= 4 is 32.8 Å². The fourth-order valence-electron chi connectivity index (χ4n) is 4.80. The lowest BCUT2D eigenvalue weighted by atomic mass is 9.85. The third-order valence-electron chi connectivity index (χ3n) is 6.66. The van der Waals surface area contributed by atoms with E-state index in [0.29, 0.717) is 6.42 Å². The average Bonchev–Trinajstić information content (AvgIpc) is 3.15. The van der Waals surface area contributed by atoms with Gasteiger partial charge in [-0.15, -0.1) is 0 Å². The molecule has 0 amide bonds. The molecule has 0 aliphatic rings. The Morgan fingerprint density at radius 1 is 0.938 bits per heavy atom. The van der Waals surface area contributed by atoms with E-state index in [0.717, 1.165) is 38.7 Å². The number of aromatic nitrogens is 1. The van der Waals surface area contributed by atoms with Gasteiger partial charge in [0.2, 0.25) is 11.2 Å². The van der Waals surface area contributed by atoms with Gasteiger partial charge in [0, 0.05) is 28.3 Å². The molecule has 0 radical (unpaired) electrons. The summed E-state index contributed by atoms with van der Waals surface area (Å²) in [5.74, 6) is 0. The van der Waals surface area contributed by atoms with Gasteiger partial charge in [0.15, 0.2) is 0 Å². The van der Waals surface area contributed by atoms with E-state index in [1.54, 1.807) is 0 Å². The highest BCUT2D eigenvalue weighted by Gasteiger charge is 2.27. The minimum absolute atomic E-state index is 0.448. The zero-order valence-corrected chi connectivity index (χ0v) is 19.3. The Labute approximate surface area is 188 Å². The predicted octanol–water partition coefficient (Wildman–Crippen LogP) is 6.94. The Bertz CT molecular complexity index is 1560. The number of fused-ring (bicyclic) bond motifs is 4. The van der Waals surface area contributed by atoms with Crippen LogP contribution in [0.3, 0.4) is 0 Å². The second-order valence-electron chi connectivity index (χ2n) is 9.47. The topological polar surface area (TPSA) is 40.8 Å². The van der Waals surface area contributed by atoms with E-state index in [1.165, 1.54) is 22.1 Å². The van der Waals surface area contributed by atoms with Gasteiger partial charge in [-0.3, -0.25) is 0 Å². The molecule has 0 spiro atoms. The van der Waals surface area contributed by atoms with Crippen molar-refractivity contribution in [3.63, 3.8) is 0 Å². The maximum atomic E-state index is 9.70. The zero-order valence-electron chi connectivity index (χ0n) is 19.3. The van der Waals surface area contributed by atoms with Crippen LogP contribution < -0.4 is 4.57 Å². The van der Waals surface area contributed by atoms with Crippen molar-refractivity contribution in [2.75, 3.05) is 0 Å². The first-order valence-electron chi connectivity index (χ1n) is 11.0. The van der Waals surface area contributed by atoms with E-state index < -0.39 is 5.41 Å². The Hall–Kier alpha value is -3.64. The van der Waals surface area contributed by atoms with Gasteiger partial charge < -0.3 is 4.42 Å². The third kappa shape index (κ3) is 3.07. The van der Waals surface area contributed by atoms with Crippen molar-refractivity contribution in [1.82, 2.24) is 0 Å². The molecule has 158 valence electrons. The second-order valence-corrected chi connectivity index (χ2v) is 9.47. The molecule has 2 aromatic heterocycles. The van der Waals surface area contributed by atoms with Crippen LogP contribution in [0.15, 0.2) is 65.1 Å². The fourth-order valence-corrected chi connectivity index (χ4v) is 4.80. The van der Waals surface area contributed by atoms with Crippen LogP contribution in [0, 0.1) is 30.6 Å². The van der Waals surface area contributed by atoms with Crippen molar-refractivity contribution in [1.29, 1.82) is 5.26 Å².